The fraction of sp³-hybridized carbons (Fsp3) is 0.250. The fourth-order valence-corrected chi connectivity index (χ4v) is 1.65. The minimum absolute atomic E-state index is 0.393. The van der Waals surface area contributed by atoms with Gasteiger partial charge in [0.2, 0.25) is 0 Å². The molecule has 0 aliphatic rings. The van der Waals surface area contributed by atoms with E-state index in [1.165, 1.54) is 11.1 Å². The van der Waals surface area contributed by atoms with E-state index in [9.17, 15) is 0 Å². The molecule has 6 heteroatoms. The van der Waals surface area contributed by atoms with Gasteiger partial charge < -0.3 is 4.74 Å². The largest absolute Gasteiger partial charge is 0.372 e. The second-order valence-corrected chi connectivity index (χ2v) is 4.75. The number of hydrogen-bond acceptors (Lipinski definition) is 6. The van der Waals surface area contributed by atoms with Gasteiger partial charge in [-0.3, -0.25) is 0 Å². The molecule has 4 nitrogen and oxygen atoms in total. The summed E-state index contributed by atoms with van der Waals surface area (Å²) in [6.45, 7) is 1.75. The van der Waals surface area contributed by atoms with Gasteiger partial charge in [0.05, 0.1) is 19.8 Å². The quantitative estimate of drug-likeness (QED) is 0.250. The van der Waals surface area contributed by atoms with Gasteiger partial charge in [-0.2, -0.15) is 12.6 Å². The van der Waals surface area contributed by atoms with Crippen LogP contribution in [0.25, 0.3) is 0 Å². The third-order valence-corrected chi connectivity index (χ3v) is 2.72. The van der Waals surface area contributed by atoms with Crippen LogP contribution >= 0.6 is 25.5 Å². The highest BCUT2D eigenvalue weighted by atomic mass is 32.1. The van der Waals surface area contributed by atoms with Crippen LogP contribution in [-0.4, -0.2) is 12.4 Å². The number of thiol groups is 2. The molecule has 0 fully saturated rings. The molecule has 0 N–H and O–H groups in total. The molecule has 0 aliphatic heterocycles. The topological polar surface area (TPSA) is 36.9 Å². The van der Waals surface area contributed by atoms with Crippen molar-refractivity contribution >= 4 is 25.5 Å². The molecule has 2 aromatic carbocycles. The molecule has 0 heterocycles. The summed E-state index contributed by atoms with van der Waals surface area (Å²) in [5, 5.41) is 3.89. The maximum atomic E-state index is 5.61. The Bertz CT molecular complexity index is 425. The molecule has 22 heavy (non-hydrogen) atoms. The highest BCUT2D eigenvalue weighted by molar-refractivity contribution is 7.80. The normalized spacial score (nSPS) is 9.91. The highest BCUT2D eigenvalue weighted by Gasteiger charge is 1.93. The number of ether oxygens (including phenoxy) is 1. The zero-order chi connectivity index (χ0) is 15.9. The van der Waals surface area contributed by atoms with Crippen LogP contribution in [-0.2, 0) is 32.2 Å². The van der Waals surface area contributed by atoms with Gasteiger partial charge in [0, 0.05) is 18.7 Å². The summed E-state index contributed by atoms with van der Waals surface area (Å²) >= 11 is 7.03. The summed E-state index contributed by atoms with van der Waals surface area (Å²) in [7, 11) is 0. The summed E-state index contributed by atoms with van der Waals surface area (Å²) < 4.78 is 9.39. The Kier molecular flexibility index (Phi) is 11.8. The van der Waals surface area contributed by atoms with E-state index < -0.39 is 0 Å². The van der Waals surface area contributed by atoms with E-state index in [1.54, 1.807) is 0 Å². The van der Waals surface area contributed by atoms with Crippen molar-refractivity contribution in [2.75, 3.05) is 12.4 Å². The molecule has 0 aromatic heterocycles. The van der Waals surface area contributed by atoms with Crippen molar-refractivity contribution in [3.63, 3.8) is 0 Å². The Labute approximate surface area is 142 Å². The van der Waals surface area contributed by atoms with Crippen molar-refractivity contribution in [3.05, 3.63) is 71.8 Å². The molecular formula is C16H20O4S2. The zero-order valence-corrected chi connectivity index (χ0v) is 13.9. The Hall–Kier alpha value is -1.02. The molecular weight excluding hydrogens is 320 g/mol. The smallest absolute Gasteiger partial charge is 0.0942 e. The van der Waals surface area contributed by atoms with Gasteiger partial charge in [0.25, 0.3) is 0 Å². The first-order valence-electron chi connectivity index (χ1n) is 6.73. The molecule has 120 valence electrons. The minimum atomic E-state index is 0.393. The van der Waals surface area contributed by atoms with E-state index in [2.05, 4.69) is 64.1 Å². The third kappa shape index (κ3) is 9.83. The van der Waals surface area contributed by atoms with Gasteiger partial charge >= 0.3 is 0 Å². The van der Waals surface area contributed by atoms with Crippen LogP contribution in [0.3, 0.4) is 0 Å². The van der Waals surface area contributed by atoms with Gasteiger partial charge in [-0.15, -0.1) is 4.33 Å². The second kappa shape index (κ2) is 13.6. The lowest BCUT2D eigenvalue weighted by molar-refractivity contribution is -0.456. The summed E-state index contributed by atoms with van der Waals surface area (Å²) in [6, 6.07) is 20.4. The molecule has 0 spiro atoms. The molecule has 0 saturated heterocycles. The number of rotatable bonds is 8. The first-order chi connectivity index (χ1) is 10.9. The molecule has 0 atom stereocenters. The average Bonchev–Trinajstić information content (AvgIpc) is 2.58. The molecule has 2 rings (SSSR count). The molecule has 2 aromatic rings. The van der Waals surface area contributed by atoms with Crippen LogP contribution in [0.5, 0.6) is 0 Å². The maximum Gasteiger partial charge on any atom is 0.0942 e. The van der Waals surface area contributed by atoms with Gasteiger partial charge in [-0.05, 0) is 11.1 Å². The molecule has 0 saturated carbocycles. The number of benzene rings is 2. The monoisotopic (exact) mass is 340 g/mol. The lowest BCUT2D eigenvalue weighted by atomic mass is 10.2. The van der Waals surface area contributed by atoms with Crippen LogP contribution in [0.2, 0.25) is 0 Å². The van der Waals surface area contributed by atoms with E-state index in [0.29, 0.717) is 25.6 Å². The second-order valence-electron chi connectivity index (χ2n) is 4.15. The SMILES string of the molecule is SCCOOOS.c1ccc(COCc2ccccc2)cc1. The van der Waals surface area contributed by atoms with Crippen LogP contribution < -0.4 is 0 Å². The average molecular weight is 340 g/mol. The summed E-state index contributed by atoms with van der Waals surface area (Å²) in [6.07, 6.45) is 0. The molecule has 0 radical (unpaired) electrons. The van der Waals surface area contributed by atoms with Crippen LogP contribution in [0.4, 0.5) is 0 Å². The van der Waals surface area contributed by atoms with Gasteiger partial charge in [-0.25, -0.2) is 4.89 Å². The fourth-order valence-electron chi connectivity index (χ4n) is 1.53. The standard InChI is InChI=1S/C14H14O.C2H6O3S2/c1-3-7-13(8-4-1)11-15-12-14-9-5-2-6-10-14;6-2-1-3-4-5-7/h1-10H,11-12H2;6-7H,1-2H2. The van der Waals surface area contributed by atoms with Crippen molar-refractivity contribution in [1.82, 2.24) is 0 Å². The van der Waals surface area contributed by atoms with Crippen LogP contribution in [0.1, 0.15) is 11.1 Å². The summed E-state index contributed by atoms with van der Waals surface area (Å²) in [5.74, 6) is 0.594. The first kappa shape index (κ1) is 19.0. The molecule has 0 unspecified atom stereocenters. The zero-order valence-electron chi connectivity index (χ0n) is 12.1. The van der Waals surface area contributed by atoms with E-state index in [1.807, 2.05) is 36.4 Å². The highest BCUT2D eigenvalue weighted by Crippen LogP contribution is 2.05. The lowest BCUT2D eigenvalue weighted by Gasteiger charge is -2.03. The van der Waals surface area contributed by atoms with Crippen molar-refractivity contribution in [2.24, 2.45) is 0 Å². The Balaban J connectivity index is 0.000000295. The third-order valence-electron chi connectivity index (χ3n) is 2.48. The lowest BCUT2D eigenvalue weighted by Crippen LogP contribution is -1.93. The molecule has 0 bridgehead atoms. The Morgan fingerprint density at radius 2 is 1.27 bits per heavy atom. The first-order valence-corrected chi connectivity index (χ1v) is 7.72. The van der Waals surface area contributed by atoms with Crippen molar-refractivity contribution in [2.45, 2.75) is 13.2 Å². The molecule has 0 amide bonds. The predicted molar refractivity (Wildman–Crippen MR) is 92.3 cm³/mol. The summed E-state index contributed by atoms with van der Waals surface area (Å²) in [5.41, 5.74) is 2.43. The van der Waals surface area contributed by atoms with E-state index in [4.69, 9.17) is 4.74 Å². The van der Waals surface area contributed by atoms with Crippen LogP contribution in [0, 0.1) is 0 Å². The number of hydrogen-bond donors (Lipinski definition) is 2. The van der Waals surface area contributed by atoms with E-state index in [0.717, 1.165) is 0 Å². The van der Waals surface area contributed by atoms with Crippen molar-refractivity contribution in [1.29, 1.82) is 0 Å². The maximum absolute atomic E-state index is 5.61. The Morgan fingerprint density at radius 3 is 1.68 bits per heavy atom. The van der Waals surface area contributed by atoms with E-state index in [-0.39, 0.29) is 0 Å². The Morgan fingerprint density at radius 1 is 0.773 bits per heavy atom. The van der Waals surface area contributed by atoms with Crippen molar-refractivity contribution in [3.8, 4) is 0 Å². The van der Waals surface area contributed by atoms with E-state index >= 15 is 0 Å². The predicted octanol–water partition coefficient (Wildman–Crippen LogP) is 4.04. The van der Waals surface area contributed by atoms with Crippen LogP contribution in [0.15, 0.2) is 60.7 Å². The van der Waals surface area contributed by atoms with Gasteiger partial charge in [0.1, 0.15) is 0 Å². The van der Waals surface area contributed by atoms with Gasteiger partial charge in [0.15, 0.2) is 0 Å². The van der Waals surface area contributed by atoms with Crippen molar-refractivity contribution < 1.29 is 19.0 Å². The minimum Gasteiger partial charge on any atom is -0.372 e. The molecule has 0 aliphatic carbocycles. The van der Waals surface area contributed by atoms with Gasteiger partial charge in [-0.1, -0.05) is 65.7 Å². The summed E-state index contributed by atoms with van der Waals surface area (Å²) in [4.78, 5) is 4.26.